The molecule has 3 rings (SSSR count). The first-order valence-corrected chi connectivity index (χ1v) is 12.8. The Bertz CT molecular complexity index is 712. The highest BCUT2D eigenvalue weighted by atomic mass is 16.3. The quantitative estimate of drug-likeness (QED) is 0.412. The molecular weight excluding hydrogens is 400 g/mol. The van der Waals surface area contributed by atoms with Crippen molar-refractivity contribution in [2.45, 2.75) is 110 Å². The largest absolute Gasteiger partial charge is 0.392 e. The Kier molecular flexibility index (Phi) is 8.46. The van der Waals surface area contributed by atoms with Gasteiger partial charge in [-0.3, -0.25) is 0 Å². The zero-order valence-electron chi connectivity index (χ0n) is 20.7. The molecule has 4 heteroatoms. The second-order valence-electron chi connectivity index (χ2n) is 11.7. The smallest absolute Gasteiger partial charge is 0.0813 e. The van der Waals surface area contributed by atoms with E-state index in [1.54, 1.807) is 11.6 Å². The SMILES string of the molecule is C[C@H](CCCC(C)(C)O)C1CCC2/C(=C/C=C3C[C@@H](O)C(=CCO)[C@H](O)C3)CCCC21C. The molecule has 0 heterocycles. The predicted molar refractivity (Wildman–Crippen MR) is 130 cm³/mol. The molecule has 3 unspecified atom stereocenters. The van der Waals surface area contributed by atoms with Gasteiger partial charge in [0, 0.05) is 0 Å². The third kappa shape index (κ3) is 5.94. The fourth-order valence-electron chi connectivity index (χ4n) is 7.05. The maximum absolute atomic E-state index is 10.4. The molecule has 0 bridgehead atoms. The lowest BCUT2D eigenvalue weighted by molar-refractivity contribution is 0.0596. The van der Waals surface area contributed by atoms with E-state index in [2.05, 4.69) is 26.0 Å². The molecule has 3 saturated carbocycles. The fraction of sp³-hybridized carbons (Fsp3) is 0.786. The first-order valence-electron chi connectivity index (χ1n) is 12.8. The van der Waals surface area contributed by atoms with Crippen LogP contribution in [0.1, 0.15) is 91.9 Å². The summed E-state index contributed by atoms with van der Waals surface area (Å²) >= 11 is 0. The zero-order valence-corrected chi connectivity index (χ0v) is 20.7. The number of aliphatic hydroxyl groups is 4. The number of rotatable bonds is 7. The lowest BCUT2D eigenvalue weighted by atomic mass is 9.60. The van der Waals surface area contributed by atoms with E-state index >= 15 is 0 Å². The van der Waals surface area contributed by atoms with Gasteiger partial charge in [0.05, 0.1) is 24.4 Å². The zero-order chi connectivity index (χ0) is 23.5. The fourth-order valence-corrected chi connectivity index (χ4v) is 7.05. The first-order chi connectivity index (χ1) is 15.0. The number of allylic oxidation sites excluding steroid dienone is 3. The Labute approximate surface area is 195 Å². The van der Waals surface area contributed by atoms with Gasteiger partial charge in [-0.25, -0.2) is 0 Å². The maximum Gasteiger partial charge on any atom is 0.0813 e. The van der Waals surface area contributed by atoms with Crippen LogP contribution in [0.5, 0.6) is 0 Å². The van der Waals surface area contributed by atoms with Gasteiger partial charge in [-0.1, -0.05) is 56.1 Å². The van der Waals surface area contributed by atoms with E-state index in [0.29, 0.717) is 35.7 Å². The van der Waals surface area contributed by atoms with Gasteiger partial charge in [0.25, 0.3) is 0 Å². The van der Waals surface area contributed by atoms with Crippen LogP contribution in [0, 0.1) is 23.2 Å². The molecule has 4 nitrogen and oxygen atoms in total. The van der Waals surface area contributed by atoms with Crippen LogP contribution in [0.3, 0.4) is 0 Å². The predicted octanol–water partition coefficient (Wildman–Crippen LogP) is 5.07. The van der Waals surface area contributed by atoms with Crippen molar-refractivity contribution in [1.29, 1.82) is 0 Å². The third-order valence-corrected chi connectivity index (χ3v) is 8.71. The van der Waals surface area contributed by atoms with E-state index in [4.69, 9.17) is 5.11 Å². The number of fused-ring (bicyclic) bond motifs is 1. The topological polar surface area (TPSA) is 80.9 Å². The normalized spacial score (nSPS) is 35.7. The molecule has 0 aromatic rings. The number of aliphatic hydroxyl groups excluding tert-OH is 3. The van der Waals surface area contributed by atoms with E-state index in [1.165, 1.54) is 32.1 Å². The average molecular weight is 447 g/mol. The summed E-state index contributed by atoms with van der Waals surface area (Å²) in [6.45, 7) is 8.60. The van der Waals surface area contributed by atoms with Gasteiger partial charge in [0.1, 0.15) is 0 Å². The van der Waals surface area contributed by atoms with E-state index in [9.17, 15) is 15.3 Å². The molecule has 3 aliphatic carbocycles. The summed E-state index contributed by atoms with van der Waals surface area (Å²) in [4.78, 5) is 0. The average Bonchev–Trinajstić information content (AvgIpc) is 3.05. The second kappa shape index (κ2) is 10.5. The van der Waals surface area contributed by atoms with Crippen LogP contribution in [0.15, 0.2) is 34.9 Å². The van der Waals surface area contributed by atoms with Crippen LogP contribution in [-0.4, -0.2) is 44.8 Å². The lowest BCUT2D eigenvalue weighted by Crippen LogP contribution is -2.36. The summed E-state index contributed by atoms with van der Waals surface area (Å²) in [5.74, 6) is 2.07. The van der Waals surface area contributed by atoms with Gasteiger partial charge in [-0.05, 0) is 94.0 Å². The highest BCUT2D eigenvalue weighted by molar-refractivity contribution is 5.30. The lowest BCUT2D eigenvalue weighted by Gasteiger charge is -2.44. The van der Waals surface area contributed by atoms with E-state index in [0.717, 1.165) is 30.8 Å². The molecule has 182 valence electrons. The molecule has 6 atom stereocenters. The third-order valence-electron chi connectivity index (χ3n) is 8.71. The molecule has 0 aliphatic heterocycles. The van der Waals surface area contributed by atoms with Gasteiger partial charge in [0.15, 0.2) is 0 Å². The minimum Gasteiger partial charge on any atom is -0.392 e. The highest BCUT2D eigenvalue weighted by Gasteiger charge is 2.50. The van der Waals surface area contributed by atoms with Crippen LogP contribution in [0.25, 0.3) is 0 Å². The molecule has 3 fully saturated rings. The first kappa shape index (κ1) is 25.7. The molecule has 32 heavy (non-hydrogen) atoms. The van der Waals surface area contributed by atoms with Crippen molar-refractivity contribution >= 4 is 0 Å². The van der Waals surface area contributed by atoms with Crippen molar-refractivity contribution < 1.29 is 20.4 Å². The van der Waals surface area contributed by atoms with Gasteiger partial charge in [0.2, 0.25) is 0 Å². The monoisotopic (exact) mass is 446 g/mol. The number of hydrogen-bond acceptors (Lipinski definition) is 4. The van der Waals surface area contributed by atoms with Gasteiger partial charge < -0.3 is 20.4 Å². The minimum atomic E-state index is -0.701. The summed E-state index contributed by atoms with van der Waals surface area (Å²) in [6.07, 6.45) is 15.1. The molecule has 0 aromatic carbocycles. The van der Waals surface area contributed by atoms with Crippen molar-refractivity contribution in [2.24, 2.45) is 23.2 Å². The van der Waals surface area contributed by atoms with Gasteiger partial charge >= 0.3 is 0 Å². The second-order valence-corrected chi connectivity index (χ2v) is 11.7. The van der Waals surface area contributed by atoms with Crippen molar-refractivity contribution in [2.75, 3.05) is 6.61 Å². The van der Waals surface area contributed by atoms with Crippen LogP contribution in [0.4, 0.5) is 0 Å². The van der Waals surface area contributed by atoms with Crippen molar-refractivity contribution in [3.8, 4) is 0 Å². The Hall–Kier alpha value is -0.940. The molecule has 0 aromatic heterocycles. The van der Waals surface area contributed by atoms with Crippen LogP contribution >= 0.6 is 0 Å². The maximum atomic E-state index is 10.4. The van der Waals surface area contributed by atoms with E-state index < -0.39 is 17.8 Å². The van der Waals surface area contributed by atoms with E-state index in [-0.39, 0.29) is 6.61 Å². The van der Waals surface area contributed by atoms with Gasteiger partial charge in [-0.15, -0.1) is 0 Å². The molecule has 0 radical (unpaired) electrons. The molecule has 4 N–H and O–H groups in total. The van der Waals surface area contributed by atoms with E-state index in [1.807, 2.05) is 13.8 Å². The highest BCUT2D eigenvalue weighted by Crippen LogP contribution is 2.60. The summed E-state index contributed by atoms with van der Waals surface area (Å²) in [7, 11) is 0. The Morgan fingerprint density at radius 1 is 1.12 bits per heavy atom. The summed E-state index contributed by atoms with van der Waals surface area (Å²) in [5, 5.41) is 39.9. The van der Waals surface area contributed by atoms with Crippen molar-refractivity contribution in [1.82, 2.24) is 0 Å². The van der Waals surface area contributed by atoms with Crippen molar-refractivity contribution in [3.05, 3.63) is 34.9 Å². The minimum absolute atomic E-state index is 0.149. The Morgan fingerprint density at radius 3 is 2.44 bits per heavy atom. The molecule has 0 amide bonds. The molecular formula is C28H46O4. The summed E-state index contributed by atoms with van der Waals surface area (Å²) in [5.41, 5.74) is 3.00. The standard InChI is InChI=1S/C28H46O4/c1-19(7-5-14-27(2,3)32)23-11-12-24-21(8-6-15-28(23,24)4)10-9-20-17-25(30)22(13-16-29)26(31)18-20/h9-10,13,19,23-26,29-32H,5-8,11-12,14-18H2,1-4H3/b20-9?,21-10+,22-13?/t19-,23?,24?,25-,26-,28?/m1/s1. The number of hydrogen-bond donors (Lipinski definition) is 4. The summed E-state index contributed by atoms with van der Waals surface area (Å²) in [6, 6.07) is 0. The van der Waals surface area contributed by atoms with Crippen LogP contribution in [0.2, 0.25) is 0 Å². The Balaban J connectivity index is 1.67. The van der Waals surface area contributed by atoms with Crippen molar-refractivity contribution in [3.63, 3.8) is 0 Å². The van der Waals surface area contributed by atoms with Crippen LogP contribution < -0.4 is 0 Å². The molecule has 0 saturated heterocycles. The van der Waals surface area contributed by atoms with Gasteiger partial charge in [-0.2, -0.15) is 0 Å². The molecule has 3 aliphatic rings. The molecule has 0 spiro atoms. The van der Waals surface area contributed by atoms with Crippen LogP contribution in [-0.2, 0) is 0 Å². The Morgan fingerprint density at radius 2 is 1.81 bits per heavy atom. The summed E-state index contributed by atoms with van der Waals surface area (Å²) < 4.78 is 0.